The Morgan fingerprint density at radius 2 is 2.14 bits per heavy atom. The summed E-state index contributed by atoms with van der Waals surface area (Å²) in [6.07, 6.45) is 1.96. The van der Waals surface area contributed by atoms with Gasteiger partial charge in [0.05, 0.1) is 16.5 Å². The van der Waals surface area contributed by atoms with Gasteiger partial charge in [0.25, 0.3) is 5.91 Å². The van der Waals surface area contributed by atoms with Crippen LogP contribution in [0.1, 0.15) is 35.9 Å². The third kappa shape index (κ3) is 5.07. The second-order valence-corrected chi connectivity index (χ2v) is 10.6. The first kappa shape index (κ1) is 22.0. The zero-order chi connectivity index (χ0) is 21.2. The van der Waals surface area contributed by atoms with Crippen LogP contribution >= 0.6 is 22.9 Å². The molecule has 1 saturated heterocycles. The number of unbranched alkanes of at least 4 members (excludes halogenated alkanes) is 1. The number of rotatable bonds is 7. The smallest absolute Gasteiger partial charge is 0.350 e. The zero-order valence-electron chi connectivity index (χ0n) is 15.8. The normalized spacial score (nSPS) is 18.1. The van der Waals surface area contributed by atoms with Crippen LogP contribution in [0, 0.1) is 5.82 Å². The summed E-state index contributed by atoms with van der Waals surface area (Å²) in [5.74, 6) is -1.65. The van der Waals surface area contributed by atoms with Gasteiger partial charge in [-0.2, -0.15) is 0 Å². The predicted molar refractivity (Wildman–Crippen MR) is 111 cm³/mol. The summed E-state index contributed by atoms with van der Waals surface area (Å²) in [7, 11) is -3.15. The minimum absolute atomic E-state index is 0.0569. The molecule has 6 nitrogen and oxygen atoms in total. The number of thiophene rings is 1. The van der Waals surface area contributed by atoms with Crippen molar-refractivity contribution in [3.63, 3.8) is 0 Å². The third-order valence-corrected chi connectivity index (χ3v) is 8.21. The molecule has 1 aliphatic rings. The lowest BCUT2D eigenvalue weighted by Crippen LogP contribution is -2.43. The highest BCUT2D eigenvalue weighted by Gasteiger charge is 2.34. The number of carbonyl (C=O) groups excluding carboxylic acids is 2. The Morgan fingerprint density at radius 3 is 2.79 bits per heavy atom. The van der Waals surface area contributed by atoms with E-state index in [4.69, 9.17) is 16.3 Å². The number of nitrogens with zero attached hydrogens (tertiary/aromatic N) is 1. The summed E-state index contributed by atoms with van der Waals surface area (Å²) in [6.45, 7) is 1.88. The number of halogens is 2. The Balaban J connectivity index is 1.69. The van der Waals surface area contributed by atoms with Gasteiger partial charge in [0, 0.05) is 22.7 Å². The first-order valence-electron chi connectivity index (χ1n) is 9.26. The van der Waals surface area contributed by atoms with Crippen molar-refractivity contribution in [1.29, 1.82) is 0 Å². The van der Waals surface area contributed by atoms with Crippen molar-refractivity contribution < 1.29 is 27.1 Å². The van der Waals surface area contributed by atoms with Crippen LogP contribution in [0.15, 0.2) is 18.2 Å². The molecule has 0 spiro atoms. The molecule has 1 aliphatic heterocycles. The molecule has 0 aliphatic carbocycles. The summed E-state index contributed by atoms with van der Waals surface area (Å²) in [4.78, 5) is 26.7. The Hall–Kier alpha value is -1.71. The van der Waals surface area contributed by atoms with E-state index in [0.29, 0.717) is 23.1 Å². The van der Waals surface area contributed by atoms with Crippen LogP contribution in [0.2, 0.25) is 5.02 Å². The Labute approximate surface area is 177 Å². The lowest BCUT2D eigenvalue weighted by atomic mass is 10.2. The molecule has 29 heavy (non-hydrogen) atoms. The van der Waals surface area contributed by atoms with Crippen LogP contribution in [0.25, 0.3) is 10.1 Å². The van der Waals surface area contributed by atoms with E-state index in [1.165, 1.54) is 23.1 Å². The Bertz CT molecular complexity index is 1040. The number of hydrogen-bond donors (Lipinski definition) is 0. The van der Waals surface area contributed by atoms with Gasteiger partial charge in [0.2, 0.25) is 0 Å². The summed E-state index contributed by atoms with van der Waals surface area (Å²) in [6, 6.07) is 3.62. The largest absolute Gasteiger partial charge is 0.451 e. The molecule has 0 saturated carbocycles. The number of carbonyl (C=O) groups is 2. The van der Waals surface area contributed by atoms with E-state index in [1.807, 2.05) is 6.92 Å². The third-order valence-electron chi connectivity index (χ3n) is 4.83. The highest BCUT2D eigenvalue weighted by atomic mass is 35.5. The Morgan fingerprint density at radius 1 is 1.38 bits per heavy atom. The molecule has 3 rings (SSSR count). The van der Waals surface area contributed by atoms with Crippen LogP contribution < -0.4 is 0 Å². The minimum atomic E-state index is -3.15. The number of fused-ring (bicyclic) bond motifs is 1. The molecule has 0 radical (unpaired) electrons. The van der Waals surface area contributed by atoms with Crippen molar-refractivity contribution in [1.82, 2.24) is 4.90 Å². The molecule has 1 aromatic heterocycles. The van der Waals surface area contributed by atoms with Gasteiger partial charge in [-0.15, -0.1) is 11.3 Å². The molecule has 2 heterocycles. The molecule has 158 valence electrons. The van der Waals surface area contributed by atoms with E-state index < -0.39 is 40.2 Å². The topological polar surface area (TPSA) is 80.8 Å². The minimum Gasteiger partial charge on any atom is -0.451 e. The van der Waals surface area contributed by atoms with Gasteiger partial charge in [0.15, 0.2) is 16.4 Å². The number of sulfone groups is 1. The number of ether oxygens (including phenoxy) is 1. The van der Waals surface area contributed by atoms with Gasteiger partial charge >= 0.3 is 5.97 Å². The molecule has 1 fully saturated rings. The van der Waals surface area contributed by atoms with Gasteiger partial charge in [0.1, 0.15) is 10.7 Å². The molecule has 2 aromatic rings. The summed E-state index contributed by atoms with van der Waals surface area (Å²) in [5, 5.41) is 0.698. The van der Waals surface area contributed by atoms with Crippen LogP contribution in [-0.4, -0.2) is 55.9 Å². The van der Waals surface area contributed by atoms with Crippen LogP contribution in [-0.2, 0) is 19.4 Å². The van der Waals surface area contributed by atoms with Gasteiger partial charge < -0.3 is 9.64 Å². The summed E-state index contributed by atoms with van der Waals surface area (Å²) >= 11 is 7.21. The van der Waals surface area contributed by atoms with E-state index in [9.17, 15) is 22.4 Å². The van der Waals surface area contributed by atoms with Crippen LogP contribution in [0.4, 0.5) is 4.39 Å². The van der Waals surface area contributed by atoms with E-state index >= 15 is 0 Å². The number of benzene rings is 1. The quantitative estimate of drug-likeness (QED) is 0.588. The van der Waals surface area contributed by atoms with Crippen LogP contribution in [0.3, 0.4) is 0 Å². The molecule has 0 N–H and O–H groups in total. The monoisotopic (exact) mass is 461 g/mol. The van der Waals surface area contributed by atoms with Crippen molar-refractivity contribution in [2.45, 2.75) is 32.2 Å². The van der Waals surface area contributed by atoms with E-state index in [0.717, 1.165) is 24.2 Å². The average molecular weight is 462 g/mol. The molecule has 1 unspecified atom stereocenters. The van der Waals surface area contributed by atoms with Gasteiger partial charge in [-0.05, 0) is 31.0 Å². The Kier molecular flexibility index (Phi) is 6.80. The van der Waals surface area contributed by atoms with E-state index in [-0.39, 0.29) is 21.4 Å². The highest BCUT2D eigenvalue weighted by molar-refractivity contribution is 7.91. The molecular formula is C19H21ClFNO5S2. The van der Waals surface area contributed by atoms with Crippen molar-refractivity contribution in [2.75, 3.05) is 24.7 Å². The number of amides is 1. The number of hydrogen-bond acceptors (Lipinski definition) is 6. The molecule has 1 atom stereocenters. The van der Waals surface area contributed by atoms with Crippen molar-refractivity contribution >= 4 is 54.7 Å². The van der Waals surface area contributed by atoms with Crippen molar-refractivity contribution in [3.05, 3.63) is 33.9 Å². The fraction of sp³-hybridized carbons (Fsp3) is 0.474. The first-order valence-corrected chi connectivity index (χ1v) is 12.3. The van der Waals surface area contributed by atoms with Gasteiger partial charge in [-0.25, -0.2) is 17.6 Å². The van der Waals surface area contributed by atoms with Gasteiger partial charge in [-0.1, -0.05) is 24.9 Å². The number of esters is 1. The maximum absolute atomic E-state index is 13.4. The second-order valence-electron chi connectivity index (χ2n) is 6.96. The fourth-order valence-electron chi connectivity index (χ4n) is 3.31. The van der Waals surface area contributed by atoms with Crippen molar-refractivity contribution in [3.8, 4) is 0 Å². The van der Waals surface area contributed by atoms with E-state index in [1.54, 1.807) is 0 Å². The fourth-order valence-corrected chi connectivity index (χ4v) is 6.46. The molecular weight excluding hydrogens is 441 g/mol. The average Bonchev–Trinajstić information content (AvgIpc) is 3.19. The first-order chi connectivity index (χ1) is 13.7. The van der Waals surface area contributed by atoms with Crippen LogP contribution in [0.5, 0.6) is 0 Å². The zero-order valence-corrected chi connectivity index (χ0v) is 18.2. The lowest BCUT2D eigenvalue weighted by Gasteiger charge is -2.28. The van der Waals surface area contributed by atoms with E-state index in [2.05, 4.69) is 0 Å². The highest BCUT2D eigenvalue weighted by Crippen LogP contribution is 2.36. The maximum Gasteiger partial charge on any atom is 0.350 e. The summed E-state index contributed by atoms with van der Waals surface area (Å²) < 4.78 is 42.6. The lowest BCUT2D eigenvalue weighted by molar-refractivity contribution is -0.136. The predicted octanol–water partition coefficient (Wildman–Crippen LogP) is 3.67. The maximum atomic E-state index is 13.4. The second kappa shape index (κ2) is 8.97. The molecule has 1 aromatic carbocycles. The summed E-state index contributed by atoms with van der Waals surface area (Å²) in [5.41, 5.74) is 0. The standard InChI is InChI=1S/C19H21ClFNO5S2/c1-2-3-7-22(13-6-8-29(25,26)11-13)16(23)10-27-19(24)18-17(20)14-5-4-12(21)9-15(14)28-18/h4-5,9,13H,2-3,6-8,10-11H2,1H3. The molecule has 0 bridgehead atoms. The van der Waals surface area contributed by atoms with Crippen molar-refractivity contribution in [2.24, 2.45) is 0 Å². The molecule has 1 amide bonds. The molecule has 10 heteroatoms. The SMILES string of the molecule is CCCCN(C(=O)COC(=O)c1sc2cc(F)ccc2c1Cl)C1CCS(=O)(=O)C1. The van der Waals surface area contributed by atoms with Gasteiger partial charge in [-0.3, -0.25) is 4.79 Å².